The molecule has 0 saturated heterocycles. The average molecular weight is 388 g/mol. The molecule has 1 saturated carbocycles. The second-order valence-corrected chi connectivity index (χ2v) is 7.60. The van der Waals surface area contributed by atoms with Crippen LogP contribution in [0, 0.1) is 5.92 Å². The number of hydrogen-bond acceptors (Lipinski definition) is 4. The first-order chi connectivity index (χ1) is 14.0. The van der Waals surface area contributed by atoms with Gasteiger partial charge in [-0.3, -0.25) is 14.3 Å². The van der Waals surface area contributed by atoms with Crippen molar-refractivity contribution in [2.45, 2.75) is 18.9 Å². The molecule has 0 spiro atoms. The Morgan fingerprint density at radius 1 is 1.21 bits per heavy atom. The van der Waals surface area contributed by atoms with Crippen molar-refractivity contribution in [3.8, 4) is 0 Å². The van der Waals surface area contributed by atoms with E-state index in [0.29, 0.717) is 11.5 Å². The highest BCUT2D eigenvalue weighted by atomic mass is 16.5. The molecule has 1 N–H and O–H groups in total. The number of fused-ring (bicyclic) bond motifs is 1. The number of nitrogens with zero attached hydrogens (tertiary/aromatic N) is 3. The van der Waals surface area contributed by atoms with Gasteiger partial charge in [-0.05, 0) is 36.6 Å². The van der Waals surface area contributed by atoms with E-state index < -0.39 is 11.3 Å². The molecule has 1 aliphatic rings. The van der Waals surface area contributed by atoms with Gasteiger partial charge < -0.3 is 9.47 Å². The van der Waals surface area contributed by atoms with Gasteiger partial charge >= 0.3 is 5.76 Å². The van der Waals surface area contributed by atoms with Gasteiger partial charge in [0.2, 0.25) is 0 Å². The van der Waals surface area contributed by atoms with Crippen molar-refractivity contribution in [3.05, 3.63) is 82.7 Å². The molecule has 146 valence electrons. The Morgan fingerprint density at radius 2 is 1.90 bits per heavy atom. The highest BCUT2D eigenvalue weighted by Crippen LogP contribution is 2.55. The molecule has 2 aromatic carbocycles. The fraction of sp³-hybridized carbons (Fsp3) is 0.227. The molecule has 0 bridgehead atoms. The van der Waals surface area contributed by atoms with Crippen LogP contribution in [0.15, 0.2) is 70.0 Å². The van der Waals surface area contributed by atoms with Gasteiger partial charge in [0.15, 0.2) is 5.82 Å². The Kier molecular flexibility index (Phi) is 3.74. The van der Waals surface area contributed by atoms with Gasteiger partial charge in [0.25, 0.3) is 5.91 Å². The second-order valence-electron chi connectivity index (χ2n) is 7.60. The zero-order valence-corrected chi connectivity index (χ0v) is 16.1. The third-order valence-corrected chi connectivity index (χ3v) is 5.90. The molecule has 1 fully saturated rings. The van der Waals surface area contributed by atoms with Gasteiger partial charge in [-0.25, -0.2) is 4.79 Å². The molecule has 1 amide bonds. The van der Waals surface area contributed by atoms with Crippen molar-refractivity contribution in [1.29, 1.82) is 0 Å². The molecule has 1 aliphatic carbocycles. The van der Waals surface area contributed by atoms with Crippen LogP contribution in [-0.4, -0.2) is 27.7 Å². The van der Waals surface area contributed by atoms with E-state index in [0.717, 1.165) is 23.0 Å². The summed E-state index contributed by atoms with van der Waals surface area (Å²) in [6, 6.07) is 19.3. The third-order valence-electron chi connectivity index (χ3n) is 5.90. The summed E-state index contributed by atoms with van der Waals surface area (Å²) in [5.41, 5.74) is 1.66. The molecule has 2 aromatic heterocycles. The minimum atomic E-state index is -0.613. The fourth-order valence-electron chi connectivity index (χ4n) is 4.25. The van der Waals surface area contributed by atoms with E-state index in [2.05, 4.69) is 17.1 Å². The molecule has 7 nitrogen and oxygen atoms in total. The monoisotopic (exact) mass is 388 g/mol. The van der Waals surface area contributed by atoms with E-state index in [1.54, 1.807) is 11.9 Å². The number of amides is 1. The summed E-state index contributed by atoms with van der Waals surface area (Å²) in [4.78, 5) is 29.5. The van der Waals surface area contributed by atoms with Crippen molar-refractivity contribution in [2.75, 3.05) is 11.9 Å². The number of rotatable bonds is 4. The first-order valence-corrected chi connectivity index (χ1v) is 9.53. The molecule has 0 aliphatic heterocycles. The first kappa shape index (κ1) is 17.5. The summed E-state index contributed by atoms with van der Waals surface area (Å²) in [5, 5.41) is 4.94. The van der Waals surface area contributed by atoms with Crippen LogP contribution in [-0.2, 0) is 5.54 Å². The third kappa shape index (κ3) is 2.54. The van der Waals surface area contributed by atoms with E-state index in [4.69, 9.17) is 4.52 Å². The van der Waals surface area contributed by atoms with Crippen molar-refractivity contribution in [2.24, 2.45) is 5.92 Å². The van der Waals surface area contributed by atoms with Crippen molar-refractivity contribution in [3.63, 3.8) is 0 Å². The molecule has 4 aromatic rings. The summed E-state index contributed by atoms with van der Waals surface area (Å²) >= 11 is 0. The van der Waals surface area contributed by atoms with E-state index >= 15 is 0 Å². The predicted molar refractivity (Wildman–Crippen MR) is 109 cm³/mol. The first-order valence-electron chi connectivity index (χ1n) is 9.53. The van der Waals surface area contributed by atoms with Crippen LogP contribution < -0.4 is 10.7 Å². The van der Waals surface area contributed by atoms with Gasteiger partial charge in [0.05, 0.1) is 0 Å². The Morgan fingerprint density at radius 3 is 2.55 bits per heavy atom. The smallest absolute Gasteiger partial charge is 0.323 e. The highest BCUT2D eigenvalue weighted by Gasteiger charge is 2.59. The van der Waals surface area contributed by atoms with Crippen LogP contribution in [0.2, 0.25) is 0 Å². The Labute approximate surface area is 166 Å². The maximum Gasteiger partial charge on any atom is 0.438 e. The molecule has 0 unspecified atom stereocenters. The fourth-order valence-corrected chi connectivity index (χ4v) is 4.25. The largest absolute Gasteiger partial charge is 0.438 e. The number of H-pyrrole nitrogens is 1. The van der Waals surface area contributed by atoms with Crippen molar-refractivity contribution < 1.29 is 9.32 Å². The lowest BCUT2D eigenvalue weighted by Crippen LogP contribution is -2.33. The molecule has 2 heterocycles. The number of nitrogens with one attached hydrogen (secondary N) is 1. The van der Waals surface area contributed by atoms with Crippen LogP contribution in [0.4, 0.5) is 5.69 Å². The van der Waals surface area contributed by atoms with Crippen molar-refractivity contribution in [1.82, 2.24) is 14.7 Å². The van der Waals surface area contributed by atoms with E-state index in [1.807, 2.05) is 65.2 Å². The number of para-hydroxylation sites is 2. The predicted octanol–water partition coefficient (Wildman–Crippen LogP) is 3.38. The van der Waals surface area contributed by atoms with E-state index in [9.17, 15) is 9.59 Å². The maximum absolute atomic E-state index is 13.5. The van der Waals surface area contributed by atoms with Crippen LogP contribution >= 0.6 is 0 Å². The summed E-state index contributed by atoms with van der Waals surface area (Å²) in [7, 11) is 1.76. The van der Waals surface area contributed by atoms with Gasteiger partial charge in [0, 0.05) is 23.6 Å². The minimum Gasteiger partial charge on any atom is -0.323 e. The van der Waals surface area contributed by atoms with E-state index in [1.165, 1.54) is 0 Å². The molecule has 0 radical (unpaired) electrons. The number of carbonyl (C=O) groups is 1. The number of aromatic amines is 1. The number of anilines is 1. The lowest BCUT2D eigenvalue weighted by Gasteiger charge is -2.23. The molecule has 7 heteroatoms. The Bertz CT molecular complexity index is 1270. The normalized spacial score (nSPS) is 20.7. The number of hydrogen-bond donors (Lipinski definition) is 1. The van der Waals surface area contributed by atoms with Crippen LogP contribution in [0.5, 0.6) is 0 Å². The van der Waals surface area contributed by atoms with Crippen LogP contribution in [0.25, 0.3) is 10.9 Å². The summed E-state index contributed by atoms with van der Waals surface area (Å²) < 4.78 is 6.81. The number of benzene rings is 2. The Balaban J connectivity index is 1.72. The van der Waals surface area contributed by atoms with Gasteiger partial charge in [-0.15, -0.1) is 0 Å². The molecule has 29 heavy (non-hydrogen) atoms. The number of carbonyl (C=O) groups excluding carboxylic acids is 1. The zero-order chi connectivity index (χ0) is 20.2. The summed E-state index contributed by atoms with van der Waals surface area (Å²) in [6.45, 7) is 2.08. The van der Waals surface area contributed by atoms with Crippen molar-refractivity contribution >= 4 is 22.5 Å². The SMILES string of the molecule is C[C@H]1C[C@]1(c1noc(=O)[nH]1)n1c(C(=O)N(C)c2ccccc2)cc2ccccc21. The second kappa shape index (κ2) is 6.20. The maximum atomic E-state index is 13.5. The minimum absolute atomic E-state index is 0.128. The van der Waals surface area contributed by atoms with Gasteiger partial charge in [0.1, 0.15) is 11.2 Å². The highest BCUT2D eigenvalue weighted by molar-refractivity contribution is 6.08. The van der Waals surface area contributed by atoms with Crippen LogP contribution in [0.1, 0.15) is 29.7 Å². The standard InChI is InChI=1S/C22H20N4O3/c1-14-13-22(14,20-23-21(28)29-24-20)26-17-11-7-6-8-15(17)12-18(26)19(27)25(2)16-9-4-3-5-10-16/h3-12,14H,13H2,1-2H3,(H,23,24,28)/t14-,22-/m0/s1. The number of aromatic nitrogens is 3. The van der Waals surface area contributed by atoms with Gasteiger partial charge in [-0.2, -0.15) is 0 Å². The lowest BCUT2D eigenvalue weighted by atomic mass is 10.1. The Hall–Kier alpha value is -3.61. The molecule has 5 rings (SSSR count). The quantitative estimate of drug-likeness (QED) is 0.581. The summed E-state index contributed by atoms with van der Waals surface area (Å²) in [5.74, 6) is -0.0821. The zero-order valence-electron chi connectivity index (χ0n) is 16.1. The summed E-state index contributed by atoms with van der Waals surface area (Å²) in [6.07, 6.45) is 0.753. The lowest BCUT2D eigenvalue weighted by molar-refractivity contribution is 0.0982. The molecule has 2 atom stereocenters. The molecular weight excluding hydrogens is 368 g/mol. The van der Waals surface area contributed by atoms with E-state index in [-0.39, 0.29) is 11.8 Å². The van der Waals surface area contributed by atoms with Crippen LogP contribution in [0.3, 0.4) is 0 Å². The molecular formula is C22H20N4O3. The topological polar surface area (TPSA) is 84.1 Å². The van der Waals surface area contributed by atoms with Gasteiger partial charge in [-0.1, -0.05) is 48.5 Å². The average Bonchev–Trinajstić information content (AvgIpc) is 3.08.